The van der Waals surface area contributed by atoms with E-state index in [2.05, 4.69) is 10.3 Å². The number of rotatable bonds is 3. The third-order valence-electron chi connectivity index (χ3n) is 1.93. The van der Waals surface area contributed by atoms with Gasteiger partial charge in [0, 0.05) is 12.6 Å². The largest absolute Gasteiger partial charge is 0.432 e. The Labute approximate surface area is 90.1 Å². The fourth-order valence-corrected chi connectivity index (χ4v) is 1.16. The highest BCUT2D eigenvalue weighted by molar-refractivity contribution is 5.52. The Hall–Kier alpha value is -1.95. The lowest BCUT2D eigenvalue weighted by Crippen LogP contribution is -1.98. The van der Waals surface area contributed by atoms with E-state index in [0.717, 1.165) is 12.1 Å². The Morgan fingerprint density at radius 2 is 2.19 bits per heavy atom. The fourth-order valence-electron chi connectivity index (χ4n) is 1.16. The van der Waals surface area contributed by atoms with Gasteiger partial charge in [0.05, 0.1) is 11.4 Å². The molecule has 0 unspecified atom stereocenters. The minimum atomic E-state index is -0.715. The lowest BCUT2D eigenvalue weighted by atomic mass is 10.3. The van der Waals surface area contributed by atoms with Gasteiger partial charge in [-0.25, -0.2) is 8.78 Å². The molecular weight excluding hydrogens is 216 g/mol. The van der Waals surface area contributed by atoms with Gasteiger partial charge in [-0.1, -0.05) is 0 Å². The highest BCUT2D eigenvalue weighted by atomic mass is 19.1. The van der Waals surface area contributed by atoms with Gasteiger partial charge >= 0.3 is 0 Å². The Morgan fingerprint density at radius 3 is 2.81 bits per heavy atom. The quantitative estimate of drug-likeness (QED) is 0.840. The molecule has 1 heterocycles. The second kappa shape index (κ2) is 4.28. The molecule has 0 aliphatic carbocycles. The van der Waals surface area contributed by atoms with Crippen molar-refractivity contribution in [2.45, 2.75) is 6.54 Å². The average molecular weight is 225 g/mol. The molecule has 84 valence electrons. The summed E-state index contributed by atoms with van der Waals surface area (Å²) in [7, 11) is 0. The van der Waals surface area contributed by atoms with E-state index in [0.29, 0.717) is 5.69 Å². The van der Waals surface area contributed by atoms with Crippen LogP contribution in [0.5, 0.6) is 0 Å². The third kappa shape index (κ3) is 2.17. The van der Waals surface area contributed by atoms with E-state index in [1.807, 2.05) is 0 Å². The van der Waals surface area contributed by atoms with Crippen molar-refractivity contribution < 1.29 is 13.2 Å². The van der Waals surface area contributed by atoms with Crippen LogP contribution in [0, 0.1) is 11.6 Å². The standard InChI is InChI=1S/C10H9F2N3O/c11-6-1-2-9(8(12)3-6)15-10-14-7(4-13)5-16-10/h1-3,5H,4,13H2,(H,14,15). The fraction of sp³-hybridized carbons (Fsp3) is 0.100. The second-order valence-corrected chi connectivity index (χ2v) is 3.10. The number of nitrogens with zero attached hydrogens (tertiary/aromatic N) is 1. The van der Waals surface area contributed by atoms with Crippen molar-refractivity contribution in [3.63, 3.8) is 0 Å². The number of hydrogen-bond acceptors (Lipinski definition) is 4. The molecule has 0 aliphatic heterocycles. The van der Waals surface area contributed by atoms with Crippen LogP contribution in [-0.4, -0.2) is 4.98 Å². The van der Waals surface area contributed by atoms with Crippen LogP contribution in [0.2, 0.25) is 0 Å². The molecule has 0 aliphatic rings. The van der Waals surface area contributed by atoms with Crippen molar-refractivity contribution >= 4 is 11.7 Å². The number of hydrogen-bond donors (Lipinski definition) is 2. The molecule has 16 heavy (non-hydrogen) atoms. The number of benzene rings is 1. The number of nitrogens with one attached hydrogen (secondary N) is 1. The average Bonchev–Trinajstić information content (AvgIpc) is 2.70. The predicted octanol–water partition coefficient (Wildman–Crippen LogP) is 2.16. The Bertz CT molecular complexity index is 499. The summed E-state index contributed by atoms with van der Waals surface area (Å²) < 4.78 is 30.8. The van der Waals surface area contributed by atoms with Gasteiger partial charge in [0.1, 0.15) is 17.9 Å². The summed E-state index contributed by atoms with van der Waals surface area (Å²) in [6.45, 7) is 0.233. The van der Waals surface area contributed by atoms with Crippen LogP contribution in [0.1, 0.15) is 5.69 Å². The SMILES string of the molecule is NCc1coc(Nc2ccc(F)cc2F)n1. The second-order valence-electron chi connectivity index (χ2n) is 3.10. The minimum absolute atomic E-state index is 0.0896. The molecule has 0 spiro atoms. The number of aromatic nitrogens is 1. The molecule has 6 heteroatoms. The van der Waals surface area contributed by atoms with Crippen molar-refractivity contribution in [2.24, 2.45) is 5.73 Å². The minimum Gasteiger partial charge on any atom is -0.432 e. The number of anilines is 2. The van der Waals surface area contributed by atoms with Gasteiger partial charge in [0.2, 0.25) is 0 Å². The van der Waals surface area contributed by atoms with E-state index in [1.165, 1.54) is 12.3 Å². The highest BCUT2D eigenvalue weighted by Crippen LogP contribution is 2.19. The van der Waals surface area contributed by atoms with Crippen LogP contribution in [0.15, 0.2) is 28.9 Å². The molecule has 1 aromatic carbocycles. The molecule has 0 saturated carbocycles. The molecule has 1 aromatic heterocycles. The smallest absolute Gasteiger partial charge is 0.299 e. The first kappa shape index (κ1) is 10.6. The van der Waals surface area contributed by atoms with Gasteiger partial charge in [-0.05, 0) is 12.1 Å². The van der Waals surface area contributed by atoms with Gasteiger partial charge in [-0.2, -0.15) is 4.98 Å². The van der Waals surface area contributed by atoms with E-state index in [4.69, 9.17) is 10.2 Å². The predicted molar refractivity (Wildman–Crippen MR) is 54.0 cm³/mol. The maximum absolute atomic E-state index is 13.2. The molecule has 0 radical (unpaired) electrons. The first-order valence-electron chi connectivity index (χ1n) is 4.55. The molecule has 0 atom stereocenters. The molecule has 2 aromatic rings. The summed E-state index contributed by atoms with van der Waals surface area (Å²) in [4.78, 5) is 3.92. The Morgan fingerprint density at radius 1 is 1.38 bits per heavy atom. The Balaban J connectivity index is 2.20. The molecular formula is C10H9F2N3O. The summed E-state index contributed by atoms with van der Waals surface area (Å²) in [6.07, 6.45) is 1.36. The molecule has 0 bridgehead atoms. The van der Waals surface area contributed by atoms with Crippen LogP contribution >= 0.6 is 0 Å². The number of halogens is 2. The molecule has 0 saturated heterocycles. The number of oxazole rings is 1. The Kier molecular flexibility index (Phi) is 2.82. The van der Waals surface area contributed by atoms with Crippen molar-refractivity contribution in [3.05, 3.63) is 41.8 Å². The maximum Gasteiger partial charge on any atom is 0.299 e. The van der Waals surface area contributed by atoms with Gasteiger partial charge in [-0.3, -0.25) is 0 Å². The van der Waals surface area contributed by atoms with Gasteiger partial charge in [0.15, 0.2) is 0 Å². The summed E-state index contributed by atoms with van der Waals surface area (Å²) in [5, 5.41) is 2.58. The van der Waals surface area contributed by atoms with Crippen molar-refractivity contribution in [2.75, 3.05) is 5.32 Å². The molecule has 4 nitrogen and oxygen atoms in total. The molecule has 0 amide bonds. The topological polar surface area (TPSA) is 64.1 Å². The van der Waals surface area contributed by atoms with E-state index in [-0.39, 0.29) is 18.2 Å². The highest BCUT2D eigenvalue weighted by Gasteiger charge is 2.07. The van der Waals surface area contributed by atoms with Crippen LogP contribution in [-0.2, 0) is 6.54 Å². The number of nitrogens with two attached hydrogens (primary N) is 1. The maximum atomic E-state index is 13.2. The first-order valence-corrected chi connectivity index (χ1v) is 4.55. The monoisotopic (exact) mass is 225 g/mol. The molecule has 2 rings (SSSR count). The lowest BCUT2D eigenvalue weighted by molar-refractivity contribution is 0.568. The zero-order chi connectivity index (χ0) is 11.5. The summed E-state index contributed by atoms with van der Waals surface area (Å²) in [5.74, 6) is -1.36. The zero-order valence-corrected chi connectivity index (χ0v) is 8.21. The molecule has 0 fully saturated rings. The van der Waals surface area contributed by atoms with Crippen LogP contribution < -0.4 is 11.1 Å². The summed E-state index contributed by atoms with van der Waals surface area (Å²) >= 11 is 0. The zero-order valence-electron chi connectivity index (χ0n) is 8.21. The summed E-state index contributed by atoms with van der Waals surface area (Å²) in [6, 6.07) is 3.29. The van der Waals surface area contributed by atoms with Crippen LogP contribution in [0.25, 0.3) is 0 Å². The van der Waals surface area contributed by atoms with Crippen LogP contribution in [0.3, 0.4) is 0 Å². The van der Waals surface area contributed by atoms with E-state index >= 15 is 0 Å². The summed E-state index contributed by atoms with van der Waals surface area (Å²) in [5.41, 5.74) is 5.97. The van der Waals surface area contributed by atoms with Crippen molar-refractivity contribution in [3.8, 4) is 0 Å². The lowest BCUT2D eigenvalue weighted by Gasteiger charge is -2.02. The van der Waals surface area contributed by atoms with E-state index < -0.39 is 11.6 Å². The first-order chi connectivity index (χ1) is 7.69. The van der Waals surface area contributed by atoms with E-state index in [1.54, 1.807) is 0 Å². The van der Waals surface area contributed by atoms with Gasteiger partial charge < -0.3 is 15.5 Å². The third-order valence-corrected chi connectivity index (χ3v) is 1.93. The van der Waals surface area contributed by atoms with Crippen molar-refractivity contribution in [1.82, 2.24) is 4.98 Å². The van der Waals surface area contributed by atoms with Crippen molar-refractivity contribution in [1.29, 1.82) is 0 Å². The molecule has 3 N–H and O–H groups in total. The van der Waals surface area contributed by atoms with Gasteiger partial charge in [0.25, 0.3) is 6.01 Å². The van der Waals surface area contributed by atoms with Crippen LogP contribution in [0.4, 0.5) is 20.5 Å². The van der Waals surface area contributed by atoms with E-state index in [9.17, 15) is 8.78 Å². The van der Waals surface area contributed by atoms with Gasteiger partial charge in [-0.15, -0.1) is 0 Å². The normalized spacial score (nSPS) is 10.4.